The van der Waals surface area contributed by atoms with Crippen LogP contribution in [-0.2, 0) is 9.59 Å². The Bertz CT molecular complexity index is 953. The standard InChI is InChI=1S/C20H20Cl2N4O3/c21-12-3-1-11(2-4-12)17-10-25(19(27)14-8-15(14)20(28)29)5-6-26(17)18-16(23)7-13(22)9-24-18/h1-4,7,9,14-15,17H,5-6,8,10,23H2,(H,28,29)/t14-,15-,17?/m0/s1. The Labute approximate surface area is 178 Å². The lowest BCUT2D eigenvalue weighted by atomic mass is 10.0. The zero-order chi connectivity index (χ0) is 20.7. The van der Waals surface area contributed by atoms with E-state index in [1.807, 2.05) is 12.1 Å². The van der Waals surface area contributed by atoms with Crippen LogP contribution in [-0.4, -0.2) is 46.5 Å². The lowest BCUT2D eigenvalue weighted by Crippen LogP contribution is -2.51. The minimum atomic E-state index is -0.908. The summed E-state index contributed by atoms with van der Waals surface area (Å²) >= 11 is 12.0. The number of carbonyl (C=O) groups is 2. The molecule has 2 fully saturated rings. The van der Waals surface area contributed by atoms with Crippen molar-refractivity contribution in [2.24, 2.45) is 11.8 Å². The average molecular weight is 435 g/mol. The number of carboxylic acid groups (broad SMARTS) is 1. The van der Waals surface area contributed by atoms with E-state index in [0.29, 0.717) is 47.6 Å². The van der Waals surface area contributed by atoms with E-state index in [2.05, 4.69) is 9.88 Å². The molecule has 29 heavy (non-hydrogen) atoms. The highest BCUT2D eigenvalue weighted by molar-refractivity contribution is 6.31. The van der Waals surface area contributed by atoms with Crippen molar-refractivity contribution >= 4 is 46.6 Å². The molecule has 3 N–H and O–H groups in total. The maximum absolute atomic E-state index is 12.8. The monoisotopic (exact) mass is 434 g/mol. The van der Waals surface area contributed by atoms with Gasteiger partial charge in [-0.1, -0.05) is 35.3 Å². The topological polar surface area (TPSA) is 99.8 Å². The minimum absolute atomic E-state index is 0.104. The molecule has 0 radical (unpaired) electrons. The van der Waals surface area contributed by atoms with Gasteiger partial charge in [-0.25, -0.2) is 4.98 Å². The molecule has 3 atom stereocenters. The largest absolute Gasteiger partial charge is 0.481 e. The number of aromatic nitrogens is 1. The van der Waals surface area contributed by atoms with Crippen LogP contribution in [0.1, 0.15) is 18.0 Å². The number of pyridine rings is 1. The van der Waals surface area contributed by atoms with Crippen LogP contribution in [0.5, 0.6) is 0 Å². The van der Waals surface area contributed by atoms with Gasteiger partial charge in [0.2, 0.25) is 5.91 Å². The number of nitrogen functional groups attached to an aromatic ring is 1. The molecule has 2 heterocycles. The van der Waals surface area contributed by atoms with Crippen LogP contribution in [0.4, 0.5) is 11.5 Å². The number of carboxylic acids is 1. The number of aliphatic carboxylic acids is 1. The van der Waals surface area contributed by atoms with Crippen molar-refractivity contribution < 1.29 is 14.7 Å². The van der Waals surface area contributed by atoms with Gasteiger partial charge in [-0.2, -0.15) is 0 Å². The molecule has 4 rings (SSSR count). The molecule has 1 aliphatic carbocycles. The Morgan fingerprint density at radius 3 is 2.45 bits per heavy atom. The zero-order valence-corrected chi connectivity index (χ0v) is 17.0. The predicted octanol–water partition coefficient (Wildman–Crippen LogP) is 3.08. The molecule has 1 aromatic carbocycles. The number of hydrogen-bond acceptors (Lipinski definition) is 5. The molecular weight excluding hydrogens is 415 g/mol. The van der Waals surface area contributed by atoms with Crippen LogP contribution in [0, 0.1) is 11.8 Å². The first-order valence-electron chi connectivity index (χ1n) is 9.30. The Morgan fingerprint density at radius 2 is 1.83 bits per heavy atom. The van der Waals surface area contributed by atoms with Gasteiger partial charge in [-0.15, -0.1) is 0 Å². The van der Waals surface area contributed by atoms with E-state index in [4.69, 9.17) is 34.0 Å². The van der Waals surface area contributed by atoms with Gasteiger partial charge in [0, 0.05) is 30.9 Å². The first-order chi connectivity index (χ1) is 13.8. The second-order valence-corrected chi connectivity index (χ2v) is 8.27. The Kier molecular flexibility index (Phi) is 5.27. The van der Waals surface area contributed by atoms with Crippen molar-refractivity contribution in [1.29, 1.82) is 0 Å². The molecular formula is C20H20Cl2N4O3. The van der Waals surface area contributed by atoms with E-state index >= 15 is 0 Å². The lowest BCUT2D eigenvalue weighted by Gasteiger charge is -2.43. The molecule has 0 bridgehead atoms. The van der Waals surface area contributed by atoms with Gasteiger partial charge in [0.15, 0.2) is 5.82 Å². The van der Waals surface area contributed by atoms with Gasteiger partial charge in [0.05, 0.1) is 28.6 Å². The van der Waals surface area contributed by atoms with Crippen molar-refractivity contribution in [1.82, 2.24) is 9.88 Å². The van der Waals surface area contributed by atoms with Crippen molar-refractivity contribution in [2.45, 2.75) is 12.5 Å². The summed E-state index contributed by atoms with van der Waals surface area (Å²) in [5.41, 5.74) is 7.59. The molecule has 0 spiro atoms. The molecule has 7 nitrogen and oxygen atoms in total. The molecule has 1 aromatic heterocycles. The quantitative estimate of drug-likeness (QED) is 0.766. The third kappa shape index (κ3) is 3.97. The van der Waals surface area contributed by atoms with Crippen LogP contribution in [0.3, 0.4) is 0 Å². The second kappa shape index (κ2) is 7.72. The van der Waals surface area contributed by atoms with Gasteiger partial charge < -0.3 is 20.6 Å². The van der Waals surface area contributed by atoms with E-state index in [1.54, 1.807) is 29.3 Å². The van der Waals surface area contributed by atoms with Crippen molar-refractivity contribution in [3.8, 4) is 0 Å². The highest BCUT2D eigenvalue weighted by Crippen LogP contribution is 2.41. The summed E-state index contributed by atoms with van der Waals surface area (Å²) in [4.78, 5) is 32.2. The number of nitrogens with zero attached hydrogens (tertiary/aromatic N) is 3. The Morgan fingerprint density at radius 1 is 1.10 bits per heavy atom. The predicted molar refractivity (Wildman–Crippen MR) is 111 cm³/mol. The third-order valence-electron chi connectivity index (χ3n) is 5.51. The van der Waals surface area contributed by atoms with E-state index in [-0.39, 0.29) is 11.9 Å². The van der Waals surface area contributed by atoms with Gasteiger partial charge in [0.25, 0.3) is 0 Å². The van der Waals surface area contributed by atoms with E-state index < -0.39 is 17.8 Å². The van der Waals surface area contributed by atoms with Gasteiger partial charge in [0.1, 0.15) is 0 Å². The summed E-state index contributed by atoms with van der Waals surface area (Å²) in [6.07, 6.45) is 1.96. The second-order valence-electron chi connectivity index (χ2n) is 7.40. The highest BCUT2D eigenvalue weighted by Gasteiger charge is 2.50. The third-order valence-corrected chi connectivity index (χ3v) is 5.96. The van der Waals surface area contributed by atoms with Crippen LogP contribution >= 0.6 is 23.2 Å². The molecule has 1 amide bonds. The Balaban J connectivity index is 1.62. The number of hydrogen-bond donors (Lipinski definition) is 2. The summed E-state index contributed by atoms with van der Waals surface area (Å²) in [5.74, 6) is -1.40. The lowest BCUT2D eigenvalue weighted by molar-refractivity contribution is -0.142. The maximum Gasteiger partial charge on any atom is 0.307 e. The maximum atomic E-state index is 12.8. The minimum Gasteiger partial charge on any atom is -0.481 e. The number of benzene rings is 1. The van der Waals surface area contributed by atoms with Gasteiger partial charge in [-0.05, 0) is 30.2 Å². The molecule has 9 heteroatoms. The van der Waals surface area contributed by atoms with Crippen molar-refractivity contribution in [2.75, 3.05) is 30.3 Å². The summed E-state index contributed by atoms with van der Waals surface area (Å²) in [6.45, 7) is 1.39. The zero-order valence-electron chi connectivity index (χ0n) is 15.5. The number of halogens is 2. The number of amides is 1. The van der Waals surface area contributed by atoms with Crippen LogP contribution in [0.25, 0.3) is 0 Å². The molecule has 152 valence electrons. The number of nitrogens with two attached hydrogens (primary N) is 1. The van der Waals surface area contributed by atoms with Crippen LogP contribution in [0.2, 0.25) is 10.0 Å². The molecule has 2 aromatic rings. The van der Waals surface area contributed by atoms with E-state index in [0.717, 1.165) is 5.56 Å². The fourth-order valence-electron chi connectivity index (χ4n) is 3.87. The smallest absolute Gasteiger partial charge is 0.307 e. The van der Waals surface area contributed by atoms with Gasteiger partial charge in [-0.3, -0.25) is 9.59 Å². The number of carbonyl (C=O) groups excluding carboxylic acids is 1. The van der Waals surface area contributed by atoms with Crippen LogP contribution < -0.4 is 10.6 Å². The first-order valence-corrected chi connectivity index (χ1v) is 10.1. The van der Waals surface area contributed by atoms with Crippen molar-refractivity contribution in [3.05, 3.63) is 52.1 Å². The van der Waals surface area contributed by atoms with E-state index in [9.17, 15) is 9.59 Å². The summed E-state index contributed by atoms with van der Waals surface area (Å²) < 4.78 is 0. The number of anilines is 2. The number of rotatable bonds is 4. The molecule has 2 aliphatic rings. The summed E-state index contributed by atoms with van der Waals surface area (Å²) in [5, 5.41) is 10.2. The molecule has 1 saturated carbocycles. The van der Waals surface area contributed by atoms with E-state index in [1.165, 1.54) is 0 Å². The summed E-state index contributed by atoms with van der Waals surface area (Å²) in [6, 6.07) is 8.89. The fraction of sp³-hybridized carbons (Fsp3) is 0.350. The van der Waals surface area contributed by atoms with Crippen molar-refractivity contribution in [3.63, 3.8) is 0 Å². The van der Waals surface area contributed by atoms with Crippen LogP contribution in [0.15, 0.2) is 36.5 Å². The number of piperazine rings is 1. The molecule has 1 unspecified atom stereocenters. The highest BCUT2D eigenvalue weighted by atomic mass is 35.5. The molecule has 1 aliphatic heterocycles. The Hall–Kier alpha value is -2.51. The average Bonchev–Trinajstić information content (AvgIpc) is 3.49. The molecule has 1 saturated heterocycles. The first kappa shape index (κ1) is 19.8. The van der Waals surface area contributed by atoms with Gasteiger partial charge >= 0.3 is 5.97 Å². The summed E-state index contributed by atoms with van der Waals surface area (Å²) in [7, 11) is 0. The SMILES string of the molecule is Nc1cc(Cl)cnc1N1CCN(C(=O)[C@H]2C[C@@H]2C(=O)O)CC1c1ccc(Cl)cc1. The fourth-order valence-corrected chi connectivity index (χ4v) is 4.16. The normalized spacial score (nSPS) is 23.7.